The van der Waals surface area contributed by atoms with Gasteiger partial charge in [-0.15, -0.1) is 0 Å². The molecular weight excluding hydrogens is 530 g/mol. The van der Waals surface area contributed by atoms with Crippen molar-refractivity contribution < 1.29 is 37.3 Å². The van der Waals surface area contributed by atoms with Crippen LogP contribution in [0.25, 0.3) is 0 Å². The highest BCUT2D eigenvalue weighted by atomic mass is 32.2. The lowest BCUT2D eigenvalue weighted by Crippen LogP contribution is -2.57. The van der Waals surface area contributed by atoms with Crippen molar-refractivity contribution in [2.45, 2.75) is 42.8 Å². The first-order chi connectivity index (χ1) is 18.8. The van der Waals surface area contributed by atoms with E-state index in [-0.39, 0.29) is 29.2 Å². The Kier molecular flexibility index (Phi) is 9.73. The van der Waals surface area contributed by atoms with Crippen LogP contribution in [0.5, 0.6) is 0 Å². The molecule has 0 bridgehead atoms. The van der Waals surface area contributed by atoms with Gasteiger partial charge in [0.1, 0.15) is 17.2 Å². The smallest absolute Gasteiger partial charge is 0.257 e. The average molecular weight is 565 g/mol. The summed E-state index contributed by atoms with van der Waals surface area (Å²) in [5.74, 6) is -2.49. The number of amides is 1. The monoisotopic (exact) mass is 564 g/mol. The summed E-state index contributed by atoms with van der Waals surface area (Å²) in [6.07, 6.45) is -1.44. The Morgan fingerprint density at radius 3 is 2.28 bits per heavy atom. The van der Waals surface area contributed by atoms with E-state index in [0.717, 1.165) is 6.07 Å². The Balaban J connectivity index is 1.74. The van der Waals surface area contributed by atoms with E-state index in [9.17, 15) is 9.18 Å². The van der Waals surface area contributed by atoms with Crippen molar-refractivity contribution in [3.8, 4) is 0 Å². The van der Waals surface area contributed by atoms with Gasteiger partial charge in [-0.3, -0.25) is 4.79 Å². The zero-order valence-electron chi connectivity index (χ0n) is 22.6. The third-order valence-electron chi connectivity index (χ3n) is 7.42. The third kappa shape index (κ3) is 6.03. The number of hydrogen-bond acceptors (Lipinski definition) is 8. The number of ether oxygens (including phenoxy) is 5. The molecule has 2 heterocycles. The van der Waals surface area contributed by atoms with E-state index in [1.165, 1.54) is 52.3 Å². The largest absolute Gasteiger partial charge is 0.375 e. The molecule has 0 aromatic heterocycles. The lowest BCUT2D eigenvalue weighted by Gasteiger charge is -2.51. The molecule has 0 spiro atoms. The second kappa shape index (κ2) is 12.8. The minimum atomic E-state index is -1.21. The summed E-state index contributed by atoms with van der Waals surface area (Å²) >= 11 is 1.39. The molecule has 11 heteroatoms. The van der Waals surface area contributed by atoms with Crippen molar-refractivity contribution in [1.82, 2.24) is 5.32 Å². The molecule has 2 aromatic carbocycles. The Hall–Kier alpha value is -2.41. The van der Waals surface area contributed by atoms with Crippen LogP contribution >= 0.6 is 11.8 Å². The number of thioether (sulfide) groups is 1. The second-order valence-electron chi connectivity index (χ2n) is 9.56. The van der Waals surface area contributed by atoms with Crippen LogP contribution in [0.2, 0.25) is 0 Å². The number of nitrogens with zero attached hydrogens (tertiary/aromatic N) is 1. The van der Waals surface area contributed by atoms with Gasteiger partial charge in [0.25, 0.3) is 5.91 Å². The van der Waals surface area contributed by atoms with Crippen molar-refractivity contribution in [1.29, 1.82) is 0 Å². The average Bonchev–Trinajstić information content (AvgIpc) is 2.93. The fourth-order valence-corrected chi connectivity index (χ4v) is 6.80. The summed E-state index contributed by atoms with van der Waals surface area (Å²) in [7, 11) is 6.09. The number of aliphatic imine (C=N–C) groups is 1. The highest BCUT2D eigenvalue weighted by molar-refractivity contribution is 8.14. The quantitative estimate of drug-likeness (QED) is 0.454. The van der Waals surface area contributed by atoms with Crippen LogP contribution in [-0.4, -0.2) is 70.1 Å². The lowest BCUT2D eigenvalue weighted by atomic mass is 9.71. The number of halogens is 2. The molecule has 2 aromatic rings. The van der Waals surface area contributed by atoms with Gasteiger partial charge < -0.3 is 29.0 Å². The van der Waals surface area contributed by atoms with Gasteiger partial charge in [-0.2, -0.15) is 0 Å². The molecule has 4 rings (SSSR count). The molecule has 0 unspecified atom stereocenters. The summed E-state index contributed by atoms with van der Waals surface area (Å²) in [6.45, 7) is 1.97. The number of rotatable bonds is 9. The number of benzene rings is 2. The van der Waals surface area contributed by atoms with Crippen LogP contribution in [-0.2, 0) is 29.2 Å². The highest BCUT2D eigenvalue weighted by Crippen LogP contribution is 2.51. The van der Waals surface area contributed by atoms with Crippen molar-refractivity contribution >= 4 is 22.8 Å². The summed E-state index contributed by atoms with van der Waals surface area (Å²) in [6, 6.07) is 12.2. The number of hydrogen-bond donors (Lipinski definition) is 1. The van der Waals surface area contributed by atoms with E-state index in [0.29, 0.717) is 17.2 Å². The highest BCUT2D eigenvalue weighted by Gasteiger charge is 2.55. The molecule has 8 nitrogen and oxygen atoms in total. The number of fused-ring (bicyclic) bond motifs is 1. The summed E-state index contributed by atoms with van der Waals surface area (Å²) in [5.41, 5.74) is -0.544. The number of carbonyl (C=O) groups excluding carboxylic acids is 1. The first kappa shape index (κ1) is 29.6. The fraction of sp³-hybridized carbons (Fsp3) is 0.500. The number of nitrogens with one attached hydrogen (secondary N) is 1. The SMILES string of the molecule is COC(OC)C(C(OC)OC)[C@H]1C[C@H]2[C@@H](C)SC(NC(=O)c3ccccc3)=N[C@@]2(c2ccc(F)cc2F)CO1. The normalized spacial score (nSPS) is 25.1. The molecule has 0 radical (unpaired) electrons. The predicted octanol–water partition coefficient (Wildman–Crippen LogP) is 4.34. The van der Waals surface area contributed by atoms with Gasteiger partial charge in [-0.05, 0) is 24.6 Å². The molecule has 1 N–H and O–H groups in total. The second-order valence-corrected chi connectivity index (χ2v) is 10.9. The van der Waals surface area contributed by atoms with Gasteiger partial charge in [0, 0.05) is 56.8 Å². The maximum Gasteiger partial charge on any atom is 0.257 e. The van der Waals surface area contributed by atoms with Crippen LogP contribution in [0.15, 0.2) is 53.5 Å². The van der Waals surface area contributed by atoms with Gasteiger partial charge in [0.15, 0.2) is 17.7 Å². The maximum atomic E-state index is 15.4. The topological polar surface area (TPSA) is 87.6 Å². The van der Waals surface area contributed by atoms with Crippen molar-refractivity contribution in [2.75, 3.05) is 35.0 Å². The molecule has 4 atom stereocenters. The fourth-order valence-electron chi connectivity index (χ4n) is 5.58. The number of methoxy groups -OCH3 is 4. The van der Waals surface area contributed by atoms with E-state index in [1.807, 2.05) is 13.0 Å². The van der Waals surface area contributed by atoms with Gasteiger partial charge >= 0.3 is 0 Å². The predicted molar refractivity (Wildman–Crippen MR) is 143 cm³/mol. The first-order valence-corrected chi connectivity index (χ1v) is 13.5. The van der Waals surface area contributed by atoms with Crippen molar-refractivity contribution in [3.63, 3.8) is 0 Å². The molecule has 212 valence electrons. The van der Waals surface area contributed by atoms with E-state index >= 15 is 4.39 Å². The molecule has 0 saturated carbocycles. The number of amidine groups is 1. The Morgan fingerprint density at radius 1 is 1.05 bits per heavy atom. The van der Waals surface area contributed by atoms with Crippen molar-refractivity contribution in [2.24, 2.45) is 16.8 Å². The van der Waals surface area contributed by atoms with Crippen LogP contribution in [0, 0.1) is 23.5 Å². The zero-order chi connectivity index (χ0) is 28.2. The van der Waals surface area contributed by atoms with E-state index in [4.69, 9.17) is 28.7 Å². The van der Waals surface area contributed by atoms with Crippen LogP contribution < -0.4 is 5.32 Å². The van der Waals surface area contributed by atoms with Crippen LogP contribution in [0.1, 0.15) is 29.3 Å². The molecule has 1 fully saturated rings. The van der Waals surface area contributed by atoms with Gasteiger partial charge in [0.2, 0.25) is 0 Å². The minimum absolute atomic E-state index is 0.0305. The third-order valence-corrected chi connectivity index (χ3v) is 8.54. The molecule has 39 heavy (non-hydrogen) atoms. The van der Waals surface area contributed by atoms with E-state index in [1.54, 1.807) is 24.3 Å². The minimum Gasteiger partial charge on any atom is -0.375 e. The van der Waals surface area contributed by atoms with Gasteiger partial charge in [-0.1, -0.05) is 43.0 Å². The summed E-state index contributed by atoms with van der Waals surface area (Å²) < 4.78 is 58.0. The van der Waals surface area contributed by atoms with E-state index in [2.05, 4.69) is 5.32 Å². The molecule has 2 aliphatic rings. The molecule has 0 aliphatic carbocycles. The Morgan fingerprint density at radius 2 is 1.69 bits per heavy atom. The van der Waals surface area contributed by atoms with E-state index < -0.39 is 41.8 Å². The van der Waals surface area contributed by atoms with Crippen LogP contribution in [0.4, 0.5) is 8.78 Å². The molecule has 1 amide bonds. The Labute approximate surface area is 231 Å². The standard InChI is InChI=1S/C28H34F2N2O6S/c1-16-20-14-22(23(25(34-2)35-3)26(36-4)37-5)38-15-28(20,19-12-11-18(29)13-21(19)30)32-27(39-16)31-24(33)17-9-7-6-8-10-17/h6-13,16,20,22-23,25-26H,14-15H2,1-5H3,(H,31,32,33)/t16-,20+,22-,28-/m1/s1. The number of carbonyl (C=O) groups is 1. The molecular formula is C28H34F2N2O6S. The Bertz CT molecular complexity index is 1150. The molecule has 1 saturated heterocycles. The van der Waals surface area contributed by atoms with Gasteiger partial charge in [0.05, 0.1) is 18.6 Å². The lowest BCUT2D eigenvalue weighted by molar-refractivity contribution is -0.260. The van der Waals surface area contributed by atoms with Gasteiger partial charge in [-0.25, -0.2) is 13.8 Å². The summed E-state index contributed by atoms with van der Waals surface area (Å²) in [5, 5.41) is 3.09. The maximum absolute atomic E-state index is 15.4. The van der Waals surface area contributed by atoms with Crippen molar-refractivity contribution in [3.05, 3.63) is 71.3 Å². The van der Waals surface area contributed by atoms with Crippen LogP contribution in [0.3, 0.4) is 0 Å². The first-order valence-electron chi connectivity index (χ1n) is 12.6. The zero-order valence-corrected chi connectivity index (χ0v) is 23.4. The molecule has 2 aliphatic heterocycles. The summed E-state index contributed by atoms with van der Waals surface area (Å²) in [4.78, 5) is 17.9.